The van der Waals surface area contributed by atoms with Crippen LogP contribution >= 0.6 is 0 Å². The molecule has 1 aromatic rings. The standard InChI is InChI=1S/C18H24N2O5/c1-20(10-14-11-24-15-4-2-3-5-16(15)25-14)18(23)19-13-8-6-12(7-9-13)17(21)22/h2-5,12-14H,6-11H2,1H3,(H,19,23)(H,21,22). The van der Waals surface area contributed by atoms with Gasteiger partial charge in [-0.25, -0.2) is 4.79 Å². The molecule has 1 fully saturated rings. The van der Waals surface area contributed by atoms with E-state index in [1.54, 1.807) is 11.9 Å². The van der Waals surface area contributed by atoms with Gasteiger partial charge in [-0.3, -0.25) is 4.79 Å². The molecule has 1 aliphatic carbocycles. The van der Waals surface area contributed by atoms with Crippen molar-refractivity contribution >= 4 is 12.0 Å². The average molecular weight is 348 g/mol. The van der Waals surface area contributed by atoms with E-state index in [9.17, 15) is 9.59 Å². The van der Waals surface area contributed by atoms with Crippen LogP contribution in [0.2, 0.25) is 0 Å². The molecule has 3 rings (SSSR count). The van der Waals surface area contributed by atoms with E-state index in [-0.39, 0.29) is 24.1 Å². The number of ether oxygens (including phenoxy) is 2. The highest BCUT2D eigenvalue weighted by Crippen LogP contribution is 2.31. The minimum atomic E-state index is -0.739. The summed E-state index contributed by atoms with van der Waals surface area (Å²) in [5.74, 6) is 0.399. The molecule has 7 nitrogen and oxygen atoms in total. The van der Waals surface area contributed by atoms with Gasteiger partial charge < -0.3 is 24.8 Å². The lowest BCUT2D eigenvalue weighted by atomic mass is 9.86. The molecule has 0 saturated heterocycles. The van der Waals surface area contributed by atoms with Crippen LogP contribution in [0.4, 0.5) is 4.79 Å². The number of carboxylic acid groups (broad SMARTS) is 1. The number of carboxylic acids is 1. The fourth-order valence-electron chi connectivity index (χ4n) is 3.31. The molecule has 1 unspecified atom stereocenters. The third-order valence-electron chi connectivity index (χ3n) is 4.80. The van der Waals surface area contributed by atoms with Crippen molar-refractivity contribution in [2.75, 3.05) is 20.2 Å². The van der Waals surface area contributed by atoms with Crippen LogP contribution in [0.5, 0.6) is 11.5 Å². The van der Waals surface area contributed by atoms with E-state index in [2.05, 4.69) is 5.32 Å². The first kappa shape index (κ1) is 17.4. The lowest BCUT2D eigenvalue weighted by molar-refractivity contribution is -0.142. The number of hydrogen-bond donors (Lipinski definition) is 2. The van der Waals surface area contributed by atoms with Crippen LogP contribution in [-0.2, 0) is 4.79 Å². The van der Waals surface area contributed by atoms with E-state index in [1.165, 1.54) is 0 Å². The van der Waals surface area contributed by atoms with Crippen LogP contribution < -0.4 is 14.8 Å². The van der Waals surface area contributed by atoms with E-state index in [4.69, 9.17) is 14.6 Å². The topological polar surface area (TPSA) is 88.1 Å². The van der Waals surface area contributed by atoms with Crippen molar-refractivity contribution in [1.82, 2.24) is 10.2 Å². The maximum Gasteiger partial charge on any atom is 0.317 e. The molecule has 1 aromatic carbocycles. The molecule has 0 radical (unpaired) electrons. The van der Waals surface area contributed by atoms with Crippen LogP contribution in [0.1, 0.15) is 25.7 Å². The molecule has 25 heavy (non-hydrogen) atoms. The van der Waals surface area contributed by atoms with Crippen molar-refractivity contribution in [3.63, 3.8) is 0 Å². The van der Waals surface area contributed by atoms with Crippen molar-refractivity contribution in [1.29, 1.82) is 0 Å². The largest absolute Gasteiger partial charge is 0.486 e. The zero-order chi connectivity index (χ0) is 17.8. The number of amides is 2. The highest BCUT2D eigenvalue weighted by atomic mass is 16.6. The summed E-state index contributed by atoms with van der Waals surface area (Å²) in [4.78, 5) is 24.9. The van der Waals surface area contributed by atoms with E-state index in [0.29, 0.717) is 44.6 Å². The number of nitrogens with one attached hydrogen (secondary N) is 1. The highest BCUT2D eigenvalue weighted by molar-refractivity contribution is 5.74. The first-order valence-corrected chi connectivity index (χ1v) is 8.66. The number of rotatable bonds is 4. The van der Waals surface area contributed by atoms with Gasteiger partial charge in [0, 0.05) is 13.1 Å². The zero-order valence-corrected chi connectivity index (χ0v) is 14.3. The quantitative estimate of drug-likeness (QED) is 0.870. The number of hydrogen-bond acceptors (Lipinski definition) is 4. The molecule has 7 heteroatoms. The first-order valence-electron chi connectivity index (χ1n) is 8.66. The first-order chi connectivity index (χ1) is 12.0. The van der Waals surface area contributed by atoms with Crippen LogP contribution in [-0.4, -0.2) is 54.4 Å². The molecule has 2 amide bonds. The summed E-state index contributed by atoms with van der Waals surface area (Å²) in [6, 6.07) is 7.35. The summed E-state index contributed by atoms with van der Waals surface area (Å²) >= 11 is 0. The third kappa shape index (κ3) is 4.35. The summed E-state index contributed by atoms with van der Waals surface area (Å²) in [5, 5.41) is 12.0. The molecule has 0 bridgehead atoms. The van der Waals surface area contributed by atoms with E-state index in [1.807, 2.05) is 24.3 Å². The minimum absolute atomic E-state index is 0.0369. The second-order valence-electron chi connectivity index (χ2n) is 6.71. The molecule has 1 aliphatic heterocycles. The number of urea groups is 1. The molecular weight excluding hydrogens is 324 g/mol. The fraction of sp³-hybridized carbons (Fsp3) is 0.556. The maximum atomic E-state index is 12.3. The lowest BCUT2D eigenvalue weighted by Crippen LogP contribution is -2.49. The van der Waals surface area contributed by atoms with Gasteiger partial charge in [-0.05, 0) is 37.8 Å². The number of aliphatic carboxylic acids is 1. The monoisotopic (exact) mass is 348 g/mol. The number of carbonyl (C=O) groups excluding carboxylic acids is 1. The van der Waals surface area contributed by atoms with Crippen LogP contribution in [0.25, 0.3) is 0 Å². The van der Waals surface area contributed by atoms with E-state index in [0.717, 1.165) is 5.75 Å². The van der Waals surface area contributed by atoms with Gasteiger partial charge in [0.2, 0.25) is 0 Å². The van der Waals surface area contributed by atoms with Gasteiger partial charge in [0.05, 0.1) is 12.5 Å². The zero-order valence-electron chi connectivity index (χ0n) is 14.3. The minimum Gasteiger partial charge on any atom is -0.486 e. The summed E-state index contributed by atoms with van der Waals surface area (Å²) in [5.41, 5.74) is 0. The molecule has 2 aliphatic rings. The Balaban J connectivity index is 1.45. The molecule has 136 valence electrons. The summed E-state index contributed by atoms with van der Waals surface area (Å²) < 4.78 is 11.5. The van der Waals surface area contributed by atoms with Crippen LogP contribution in [0, 0.1) is 5.92 Å². The molecule has 0 spiro atoms. The molecule has 1 atom stereocenters. The summed E-state index contributed by atoms with van der Waals surface area (Å²) in [7, 11) is 1.72. The molecular formula is C18H24N2O5. The van der Waals surface area contributed by atoms with Crippen molar-refractivity contribution in [3.8, 4) is 11.5 Å². The van der Waals surface area contributed by atoms with Crippen molar-refractivity contribution in [2.24, 2.45) is 5.92 Å². The number of fused-ring (bicyclic) bond motifs is 1. The smallest absolute Gasteiger partial charge is 0.317 e. The fourth-order valence-corrected chi connectivity index (χ4v) is 3.31. The number of benzene rings is 1. The Labute approximate surface area is 146 Å². The number of nitrogens with zero attached hydrogens (tertiary/aromatic N) is 1. The Morgan fingerprint density at radius 1 is 1.20 bits per heavy atom. The van der Waals surface area contributed by atoms with Gasteiger partial charge in [-0.2, -0.15) is 0 Å². The van der Waals surface area contributed by atoms with Gasteiger partial charge in [-0.1, -0.05) is 12.1 Å². The molecule has 2 N–H and O–H groups in total. The van der Waals surface area contributed by atoms with Crippen molar-refractivity contribution in [3.05, 3.63) is 24.3 Å². The Bertz CT molecular complexity index is 628. The predicted octanol–water partition coefficient (Wildman–Crippen LogP) is 2.11. The van der Waals surface area contributed by atoms with Gasteiger partial charge in [-0.15, -0.1) is 0 Å². The van der Waals surface area contributed by atoms with E-state index < -0.39 is 5.97 Å². The molecule has 0 aromatic heterocycles. The van der Waals surface area contributed by atoms with Gasteiger partial charge >= 0.3 is 12.0 Å². The second-order valence-corrected chi connectivity index (χ2v) is 6.71. The predicted molar refractivity (Wildman–Crippen MR) is 90.9 cm³/mol. The van der Waals surface area contributed by atoms with Crippen LogP contribution in [0.3, 0.4) is 0 Å². The molecule has 1 heterocycles. The van der Waals surface area contributed by atoms with Crippen LogP contribution in [0.15, 0.2) is 24.3 Å². The van der Waals surface area contributed by atoms with Gasteiger partial charge in [0.15, 0.2) is 17.6 Å². The summed E-state index contributed by atoms with van der Waals surface area (Å²) in [6.45, 7) is 0.822. The molecule has 1 saturated carbocycles. The normalized spacial score (nSPS) is 25.1. The average Bonchev–Trinajstić information content (AvgIpc) is 2.62. The number of likely N-dealkylation sites (N-methyl/N-ethyl adjacent to an activating group) is 1. The van der Waals surface area contributed by atoms with Crippen molar-refractivity contribution < 1.29 is 24.2 Å². The Hall–Kier alpha value is -2.44. The Morgan fingerprint density at radius 2 is 1.88 bits per heavy atom. The SMILES string of the molecule is CN(CC1COc2ccccc2O1)C(=O)NC1CCC(C(=O)O)CC1. The Morgan fingerprint density at radius 3 is 2.56 bits per heavy atom. The lowest BCUT2D eigenvalue weighted by Gasteiger charge is -2.32. The number of para-hydroxylation sites is 2. The van der Waals surface area contributed by atoms with Crippen molar-refractivity contribution in [2.45, 2.75) is 37.8 Å². The third-order valence-corrected chi connectivity index (χ3v) is 4.80. The maximum absolute atomic E-state index is 12.3. The number of carbonyl (C=O) groups is 2. The highest BCUT2D eigenvalue weighted by Gasteiger charge is 2.28. The summed E-state index contributed by atoms with van der Waals surface area (Å²) in [6.07, 6.45) is 2.41. The van der Waals surface area contributed by atoms with Gasteiger partial charge in [0.1, 0.15) is 6.61 Å². The second kappa shape index (κ2) is 7.63. The van der Waals surface area contributed by atoms with Gasteiger partial charge in [0.25, 0.3) is 0 Å². The van der Waals surface area contributed by atoms with E-state index >= 15 is 0 Å². The Kier molecular flexibility index (Phi) is 5.31.